The first-order chi connectivity index (χ1) is 14.0. The van der Waals surface area contributed by atoms with E-state index in [1.165, 1.54) is 11.8 Å². The van der Waals surface area contributed by atoms with Crippen LogP contribution in [0, 0.1) is 13.8 Å². The molecule has 2 N–H and O–H groups in total. The van der Waals surface area contributed by atoms with Crippen LogP contribution >= 0.6 is 11.8 Å². The summed E-state index contributed by atoms with van der Waals surface area (Å²) in [6, 6.07) is 14.9. The highest BCUT2D eigenvalue weighted by molar-refractivity contribution is 7.99. The number of para-hydroxylation sites is 1. The van der Waals surface area contributed by atoms with E-state index in [1.807, 2.05) is 57.3 Å². The fourth-order valence-corrected chi connectivity index (χ4v) is 3.52. The van der Waals surface area contributed by atoms with Crippen molar-refractivity contribution in [1.82, 2.24) is 20.1 Å². The maximum absolute atomic E-state index is 12.3. The van der Waals surface area contributed by atoms with Crippen molar-refractivity contribution in [2.75, 3.05) is 11.1 Å². The van der Waals surface area contributed by atoms with Crippen molar-refractivity contribution in [2.45, 2.75) is 25.5 Å². The summed E-state index contributed by atoms with van der Waals surface area (Å²) in [5, 5.41) is 14.6. The van der Waals surface area contributed by atoms with E-state index in [9.17, 15) is 9.59 Å². The Morgan fingerprint density at radius 1 is 1.00 bits per heavy atom. The van der Waals surface area contributed by atoms with Crippen molar-refractivity contribution in [3.05, 3.63) is 71.0 Å². The number of thioether (sulfide) groups is 1. The molecule has 0 unspecified atom stereocenters. The predicted molar refractivity (Wildman–Crippen MR) is 114 cm³/mol. The summed E-state index contributed by atoms with van der Waals surface area (Å²) in [5.74, 6) is 0.563. The number of aromatic nitrogens is 3. The number of aryl methyl sites for hydroxylation is 2. The summed E-state index contributed by atoms with van der Waals surface area (Å²) in [7, 11) is 1.82. The summed E-state index contributed by atoms with van der Waals surface area (Å²) in [6.07, 6.45) is 0. The van der Waals surface area contributed by atoms with Crippen molar-refractivity contribution in [3.63, 3.8) is 0 Å². The van der Waals surface area contributed by atoms with Crippen LogP contribution in [0.5, 0.6) is 0 Å². The highest BCUT2D eigenvalue weighted by Crippen LogP contribution is 2.21. The number of amides is 2. The average Bonchev–Trinajstić information content (AvgIpc) is 3.07. The SMILES string of the molecule is Cc1cccc(C)c1NC(=O)CSc1nnc(CNC(=O)c2ccccc2)n1C. The molecule has 2 amide bonds. The van der Waals surface area contributed by atoms with Gasteiger partial charge in [-0.25, -0.2) is 0 Å². The summed E-state index contributed by atoms with van der Waals surface area (Å²) < 4.78 is 1.78. The molecule has 29 heavy (non-hydrogen) atoms. The van der Waals surface area contributed by atoms with E-state index >= 15 is 0 Å². The number of nitrogens with zero attached hydrogens (tertiary/aromatic N) is 3. The molecule has 0 bridgehead atoms. The molecular weight excluding hydrogens is 386 g/mol. The quantitative estimate of drug-likeness (QED) is 0.586. The van der Waals surface area contributed by atoms with Gasteiger partial charge < -0.3 is 15.2 Å². The number of hydrogen-bond acceptors (Lipinski definition) is 5. The van der Waals surface area contributed by atoms with Crippen molar-refractivity contribution < 1.29 is 9.59 Å². The summed E-state index contributed by atoms with van der Waals surface area (Å²) in [5.41, 5.74) is 3.49. The topological polar surface area (TPSA) is 88.9 Å². The summed E-state index contributed by atoms with van der Waals surface area (Å²) >= 11 is 1.30. The Labute approximate surface area is 173 Å². The van der Waals surface area contributed by atoms with Gasteiger partial charge in [-0.2, -0.15) is 0 Å². The van der Waals surface area contributed by atoms with Gasteiger partial charge in [0.1, 0.15) is 0 Å². The molecule has 0 aliphatic rings. The maximum atomic E-state index is 12.3. The van der Waals surface area contributed by atoms with Gasteiger partial charge in [-0.15, -0.1) is 10.2 Å². The second kappa shape index (κ2) is 9.38. The molecule has 0 atom stereocenters. The Bertz CT molecular complexity index is 997. The third kappa shape index (κ3) is 5.23. The van der Waals surface area contributed by atoms with Crippen LogP contribution in [0.15, 0.2) is 53.7 Å². The summed E-state index contributed by atoms with van der Waals surface area (Å²) in [6.45, 7) is 4.19. The van der Waals surface area contributed by atoms with Gasteiger partial charge in [0, 0.05) is 18.3 Å². The zero-order valence-electron chi connectivity index (χ0n) is 16.6. The fourth-order valence-electron chi connectivity index (χ4n) is 2.79. The smallest absolute Gasteiger partial charge is 0.251 e. The first kappa shape index (κ1) is 20.6. The van der Waals surface area contributed by atoms with E-state index in [1.54, 1.807) is 16.7 Å². The minimum Gasteiger partial charge on any atom is -0.345 e. The number of nitrogens with one attached hydrogen (secondary N) is 2. The van der Waals surface area contributed by atoms with Crippen LogP contribution in [0.4, 0.5) is 5.69 Å². The van der Waals surface area contributed by atoms with Gasteiger partial charge in [0.05, 0.1) is 12.3 Å². The Morgan fingerprint density at radius 2 is 1.69 bits per heavy atom. The number of hydrogen-bond donors (Lipinski definition) is 2. The molecule has 0 aliphatic carbocycles. The average molecular weight is 410 g/mol. The lowest BCUT2D eigenvalue weighted by atomic mass is 10.1. The van der Waals surface area contributed by atoms with Gasteiger partial charge in [0.2, 0.25) is 5.91 Å². The van der Waals surface area contributed by atoms with Crippen LogP contribution in [-0.4, -0.2) is 32.3 Å². The number of rotatable bonds is 7. The third-order valence-electron chi connectivity index (χ3n) is 4.45. The third-order valence-corrected chi connectivity index (χ3v) is 5.47. The molecule has 0 radical (unpaired) electrons. The van der Waals surface area contributed by atoms with Crippen LogP contribution in [0.25, 0.3) is 0 Å². The lowest BCUT2D eigenvalue weighted by molar-refractivity contribution is -0.113. The fraction of sp³-hybridized carbons (Fsp3) is 0.238. The highest BCUT2D eigenvalue weighted by atomic mass is 32.2. The van der Waals surface area contributed by atoms with Gasteiger partial charge >= 0.3 is 0 Å². The van der Waals surface area contributed by atoms with E-state index in [0.717, 1.165) is 16.8 Å². The Balaban J connectivity index is 1.54. The van der Waals surface area contributed by atoms with E-state index in [-0.39, 0.29) is 24.1 Å². The monoisotopic (exact) mass is 409 g/mol. The molecule has 1 heterocycles. The van der Waals surface area contributed by atoms with E-state index in [4.69, 9.17) is 0 Å². The normalized spacial score (nSPS) is 10.6. The van der Waals surface area contributed by atoms with Gasteiger partial charge in [-0.3, -0.25) is 9.59 Å². The first-order valence-corrected chi connectivity index (χ1v) is 10.1. The van der Waals surface area contributed by atoms with Gasteiger partial charge in [-0.1, -0.05) is 48.2 Å². The number of benzene rings is 2. The lowest BCUT2D eigenvalue weighted by Crippen LogP contribution is -2.24. The lowest BCUT2D eigenvalue weighted by Gasteiger charge is -2.11. The van der Waals surface area contributed by atoms with Crippen molar-refractivity contribution >= 4 is 29.3 Å². The molecule has 2 aromatic carbocycles. The van der Waals surface area contributed by atoms with Gasteiger partial charge in [0.25, 0.3) is 5.91 Å². The number of carbonyl (C=O) groups is 2. The summed E-state index contributed by atoms with van der Waals surface area (Å²) in [4.78, 5) is 24.5. The molecule has 0 saturated carbocycles. The molecule has 3 aromatic rings. The van der Waals surface area contributed by atoms with E-state index < -0.39 is 0 Å². The van der Waals surface area contributed by atoms with Crippen molar-refractivity contribution in [1.29, 1.82) is 0 Å². The zero-order valence-corrected chi connectivity index (χ0v) is 17.4. The molecular formula is C21H23N5O2S. The minimum absolute atomic E-state index is 0.102. The van der Waals surface area contributed by atoms with E-state index in [0.29, 0.717) is 16.5 Å². The molecule has 150 valence electrons. The molecule has 1 aromatic heterocycles. The van der Waals surface area contributed by atoms with Gasteiger partial charge in [-0.05, 0) is 37.1 Å². The molecule has 0 aliphatic heterocycles. The minimum atomic E-state index is -0.171. The molecule has 0 saturated heterocycles. The van der Waals surface area contributed by atoms with Crippen LogP contribution < -0.4 is 10.6 Å². The van der Waals surface area contributed by atoms with Crippen molar-refractivity contribution in [2.24, 2.45) is 7.05 Å². The highest BCUT2D eigenvalue weighted by Gasteiger charge is 2.14. The van der Waals surface area contributed by atoms with E-state index in [2.05, 4.69) is 20.8 Å². The van der Waals surface area contributed by atoms with Crippen LogP contribution in [0.1, 0.15) is 27.3 Å². The van der Waals surface area contributed by atoms with Crippen LogP contribution in [0.2, 0.25) is 0 Å². The number of anilines is 1. The first-order valence-electron chi connectivity index (χ1n) is 9.16. The molecule has 0 fully saturated rings. The Morgan fingerprint density at radius 3 is 2.38 bits per heavy atom. The predicted octanol–water partition coefficient (Wildman–Crippen LogP) is 3.09. The van der Waals surface area contributed by atoms with Crippen molar-refractivity contribution in [3.8, 4) is 0 Å². The standard InChI is InChI=1S/C21H23N5O2S/c1-14-8-7-9-15(2)19(14)23-18(27)13-29-21-25-24-17(26(21)3)12-22-20(28)16-10-5-4-6-11-16/h4-11H,12-13H2,1-3H3,(H,22,28)(H,23,27). The molecule has 0 spiro atoms. The second-order valence-electron chi connectivity index (χ2n) is 6.61. The zero-order chi connectivity index (χ0) is 20.8. The second-order valence-corrected chi connectivity index (χ2v) is 7.55. The molecule has 3 rings (SSSR count). The maximum Gasteiger partial charge on any atom is 0.251 e. The van der Waals surface area contributed by atoms with Crippen LogP contribution in [0.3, 0.4) is 0 Å². The molecule has 7 nitrogen and oxygen atoms in total. The Kier molecular flexibility index (Phi) is 6.66. The Hall–Kier alpha value is -3.13. The molecule has 8 heteroatoms. The number of carbonyl (C=O) groups excluding carboxylic acids is 2. The largest absolute Gasteiger partial charge is 0.345 e. The van der Waals surface area contributed by atoms with Gasteiger partial charge in [0.15, 0.2) is 11.0 Å². The van der Waals surface area contributed by atoms with Crippen LogP contribution in [-0.2, 0) is 18.4 Å².